The Hall–Kier alpha value is -0.820. The largest absolute Gasteiger partial charge is 0.310 e. The molecule has 0 spiro atoms. The van der Waals surface area contributed by atoms with Gasteiger partial charge in [0.2, 0.25) is 0 Å². The number of nitrogens with one attached hydrogen (secondary N) is 1. The summed E-state index contributed by atoms with van der Waals surface area (Å²) in [6.07, 6.45) is 15.4. The Morgan fingerprint density at radius 2 is 1.36 bits per heavy atom. The van der Waals surface area contributed by atoms with Crippen LogP contribution in [0.5, 0.6) is 0 Å². The molecule has 0 saturated heterocycles. The molecule has 1 unspecified atom stereocenters. The average molecular weight is 304 g/mol. The average Bonchev–Trinajstić information content (AvgIpc) is 2.57. The minimum atomic E-state index is 0.685. The fourth-order valence-corrected chi connectivity index (χ4v) is 3.01. The molecule has 0 aliphatic rings. The topological polar surface area (TPSA) is 12.0 Å². The molecule has 0 amide bonds. The molecule has 0 aliphatic carbocycles. The van der Waals surface area contributed by atoms with E-state index in [-0.39, 0.29) is 0 Å². The second kappa shape index (κ2) is 13.8. The maximum absolute atomic E-state index is 3.71. The summed E-state index contributed by atoms with van der Waals surface area (Å²) in [4.78, 5) is 0. The smallest absolute Gasteiger partial charge is 0.0208 e. The molecule has 1 heteroatoms. The Morgan fingerprint density at radius 1 is 0.773 bits per heavy atom. The van der Waals surface area contributed by atoms with Gasteiger partial charge >= 0.3 is 0 Å². The van der Waals surface area contributed by atoms with Gasteiger partial charge in [0.25, 0.3) is 0 Å². The van der Waals surface area contributed by atoms with Crippen molar-refractivity contribution in [2.24, 2.45) is 0 Å². The first-order valence-electron chi connectivity index (χ1n) is 9.64. The summed E-state index contributed by atoms with van der Waals surface area (Å²) in [6, 6.07) is 11.4. The highest BCUT2D eigenvalue weighted by Crippen LogP contribution is 2.12. The van der Waals surface area contributed by atoms with Gasteiger partial charge in [0, 0.05) is 12.6 Å². The predicted molar refractivity (Wildman–Crippen MR) is 99.2 cm³/mol. The van der Waals surface area contributed by atoms with Gasteiger partial charge in [-0.3, -0.25) is 0 Å². The van der Waals surface area contributed by atoms with Gasteiger partial charge in [0.05, 0.1) is 0 Å². The van der Waals surface area contributed by atoms with Gasteiger partial charge in [-0.25, -0.2) is 0 Å². The molecule has 0 bridgehead atoms. The molecule has 1 nitrogen and oxygen atoms in total. The van der Waals surface area contributed by atoms with Crippen LogP contribution in [0.2, 0.25) is 0 Å². The highest BCUT2D eigenvalue weighted by atomic mass is 14.9. The molecule has 1 aromatic rings. The van der Waals surface area contributed by atoms with Crippen LogP contribution in [0.4, 0.5) is 0 Å². The van der Waals surface area contributed by atoms with Crippen LogP contribution in [0.15, 0.2) is 30.3 Å². The summed E-state index contributed by atoms with van der Waals surface area (Å²) in [7, 11) is 0. The minimum absolute atomic E-state index is 0.685. The molecule has 0 heterocycles. The number of hydrogen-bond acceptors (Lipinski definition) is 1. The second-order valence-corrected chi connectivity index (χ2v) is 6.59. The van der Waals surface area contributed by atoms with E-state index in [1.807, 2.05) is 0 Å². The summed E-state index contributed by atoms with van der Waals surface area (Å²) in [5.74, 6) is 0. The van der Waals surface area contributed by atoms with Crippen LogP contribution in [0.25, 0.3) is 0 Å². The van der Waals surface area contributed by atoms with Crippen LogP contribution in [-0.4, -0.2) is 6.04 Å². The number of unbranched alkanes of at least 4 members (excludes halogenated alkanes) is 8. The van der Waals surface area contributed by atoms with Crippen LogP contribution in [0.3, 0.4) is 0 Å². The van der Waals surface area contributed by atoms with Crippen molar-refractivity contribution in [2.45, 2.75) is 97.1 Å². The van der Waals surface area contributed by atoms with Crippen molar-refractivity contribution in [3.05, 3.63) is 35.9 Å². The lowest BCUT2D eigenvalue weighted by Crippen LogP contribution is -2.27. The Morgan fingerprint density at radius 3 is 1.95 bits per heavy atom. The molecule has 0 radical (unpaired) electrons. The van der Waals surface area contributed by atoms with Crippen molar-refractivity contribution in [1.82, 2.24) is 5.32 Å². The monoisotopic (exact) mass is 303 g/mol. The predicted octanol–water partition coefficient (Wildman–Crippen LogP) is 6.48. The van der Waals surface area contributed by atoms with Crippen molar-refractivity contribution >= 4 is 0 Å². The molecule has 0 aliphatic heterocycles. The van der Waals surface area contributed by atoms with Crippen molar-refractivity contribution in [3.63, 3.8) is 0 Å². The van der Waals surface area contributed by atoms with Crippen LogP contribution < -0.4 is 5.32 Å². The van der Waals surface area contributed by atoms with Crippen LogP contribution >= 0.6 is 0 Å². The van der Waals surface area contributed by atoms with E-state index in [4.69, 9.17) is 0 Å². The van der Waals surface area contributed by atoms with Crippen LogP contribution in [0, 0.1) is 0 Å². The molecular weight excluding hydrogens is 266 g/mol. The highest BCUT2D eigenvalue weighted by Gasteiger charge is 2.05. The number of hydrogen-bond donors (Lipinski definition) is 1. The maximum Gasteiger partial charge on any atom is 0.0208 e. The molecule has 1 atom stereocenters. The van der Waals surface area contributed by atoms with E-state index >= 15 is 0 Å². The highest BCUT2D eigenvalue weighted by molar-refractivity contribution is 5.14. The zero-order valence-electron chi connectivity index (χ0n) is 14.9. The van der Waals surface area contributed by atoms with Gasteiger partial charge in [0.15, 0.2) is 0 Å². The Bertz CT molecular complexity index is 333. The third-order valence-corrected chi connectivity index (χ3v) is 4.59. The van der Waals surface area contributed by atoms with Gasteiger partial charge in [-0.05, 0) is 18.4 Å². The SMILES string of the molecule is CCCCCCCCCCCC(CC)NCc1ccccc1. The van der Waals surface area contributed by atoms with E-state index in [2.05, 4.69) is 49.5 Å². The van der Waals surface area contributed by atoms with Crippen LogP contribution in [0.1, 0.15) is 90.0 Å². The van der Waals surface area contributed by atoms with Gasteiger partial charge in [-0.1, -0.05) is 102 Å². The molecule has 126 valence electrons. The summed E-state index contributed by atoms with van der Waals surface area (Å²) < 4.78 is 0. The minimum Gasteiger partial charge on any atom is -0.310 e. The van der Waals surface area contributed by atoms with E-state index in [9.17, 15) is 0 Å². The van der Waals surface area contributed by atoms with Crippen molar-refractivity contribution < 1.29 is 0 Å². The zero-order chi connectivity index (χ0) is 15.9. The Balaban J connectivity index is 1.97. The van der Waals surface area contributed by atoms with Crippen molar-refractivity contribution in [3.8, 4) is 0 Å². The lowest BCUT2D eigenvalue weighted by atomic mass is 10.0. The van der Waals surface area contributed by atoms with Crippen molar-refractivity contribution in [2.75, 3.05) is 0 Å². The summed E-state index contributed by atoms with van der Waals surface area (Å²) in [5, 5.41) is 3.71. The van der Waals surface area contributed by atoms with E-state index in [1.54, 1.807) is 0 Å². The molecule has 22 heavy (non-hydrogen) atoms. The molecule has 0 aromatic heterocycles. The molecule has 1 aromatic carbocycles. The van der Waals surface area contributed by atoms with Gasteiger partial charge in [-0.2, -0.15) is 0 Å². The molecule has 1 rings (SSSR count). The summed E-state index contributed by atoms with van der Waals surface area (Å²) in [6.45, 7) is 5.60. The first kappa shape index (κ1) is 19.2. The van der Waals surface area contributed by atoms with Crippen LogP contribution in [-0.2, 0) is 6.54 Å². The van der Waals surface area contributed by atoms with E-state index < -0.39 is 0 Å². The van der Waals surface area contributed by atoms with Gasteiger partial charge in [-0.15, -0.1) is 0 Å². The molecule has 0 fully saturated rings. The van der Waals surface area contributed by atoms with Gasteiger partial charge < -0.3 is 5.32 Å². The first-order valence-corrected chi connectivity index (χ1v) is 9.64. The molecular formula is C21H37N. The normalized spacial score (nSPS) is 12.5. The molecule has 0 saturated carbocycles. The summed E-state index contributed by atoms with van der Waals surface area (Å²) in [5.41, 5.74) is 1.40. The number of rotatable bonds is 14. The Kier molecular flexibility index (Phi) is 12.1. The lowest BCUT2D eigenvalue weighted by molar-refractivity contribution is 0.440. The standard InChI is InChI=1S/C21H37N/c1-3-5-6-7-8-9-10-11-15-18-21(4-2)22-19-20-16-13-12-14-17-20/h12-14,16-17,21-22H,3-11,15,18-19H2,1-2H3. The lowest BCUT2D eigenvalue weighted by Gasteiger charge is -2.17. The van der Waals surface area contributed by atoms with E-state index in [0.717, 1.165) is 6.54 Å². The zero-order valence-corrected chi connectivity index (χ0v) is 14.9. The van der Waals surface area contributed by atoms with Gasteiger partial charge in [0.1, 0.15) is 0 Å². The number of benzene rings is 1. The third kappa shape index (κ3) is 10.00. The molecule has 1 N–H and O–H groups in total. The first-order chi connectivity index (χ1) is 10.9. The van der Waals surface area contributed by atoms with E-state index in [0.29, 0.717) is 6.04 Å². The second-order valence-electron chi connectivity index (χ2n) is 6.59. The fraction of sp³-hybridized carbons (Fsp3) is 0.714. The summed E-state index contributed by atoms with van der Waals surface area (Å²) >= 11 is 0. The quantitative estimate of drug-likeness (QED) is 0.388. The van der Waals surface area contributed by atoms with Crippen molar-refractivity contribution in [1.29, 1.82) is 0 Å². The maximum atomic E-state index is 3.71. The fourth-order valence-electron chi connectivity index (χ4n) is 3.01. The Labute approximate surface area is 138 Å². The third-order valence-electron chi connectivity index (χ3n) is 4.59. The van der Waals surface area contributed by atoms with E-state index in [1.165, 1.54) is 76.2 Å².